The Labute approximate surface area is 152 Å². The molecule has 1 atom stereocenters. The summed E-state index contributed by atoms with van der Waals surface area (Å²) in [6.07, 6.45) is 5.49. The van der Waals surface area contributed by atoms with Crippen molar-refractivity contribution in [1.29, 1.82) is 0 Å². The number of benzene rings is 1. The van der Waals surface area contributed by atoms with Crippen LogP contribution in [0.25, 0.3) is 0 Å². The van der Waals surface area contributed by atoms with Gasteiger partial charge >= 0.3 is 0 Å². The number of pyridine rings is 1. The van der Waals surface area contributed by atoms with Gasteiger partial charge in [-0.2, -0.15) is 0 Å². The molecule has 1 unspecified atom stereocenters. The van der Waals surface area contributed by atoms with Gasteiger partial charge in [-0.1, -0.05) is 19.1 Å². The predicted molar refractivity (Wildman–Crippen MR) is 97.6 cm³/mol. The molecule has 5 nitrogen and oxygen atoms in total. The third-order valence-corrected chi connectivity index (χ3v) is 4.72. The first-order valence-electron chi connectivity index (χ1n) is 8.93. The zero-order chi connectivity index (χ0) is 18.5. The summed E-state index contributed by atoms with van der Waals surface area (Å²) in [5, 5.41) is 2.49. The lowest BCUT2D eigenvalue weighted by Crippen LogP contribution is -2.43. The van der Waals surface area contributed by atoms with E-state index in [9.17, 15) is 14.0 Å². The number of amides is 2. The fourth-order valence-electron chi connectivity index (χ4n) is 3.29. The van der Waals surface area contributed by atoms with Crippen molar-refractivity contribution in [2.45, 2.75) is 38.6 Å². The standard InChI is InChI=1S/C20H22FN3O2/c1-2-15-7-5-6-12-24(15)20(26)14-10-11-22-18(13-14)19(25)23-17-9-4-3-8-16(17)21/h3-4,8-11,13,15H,2,5-7,12H2,1H3,(H,23,25). The molecule has 26 heavy (non-hydrogen) atoms. The molecule has 2 amide bonds. The lowest BCUT2D eigenvalue weighted by Gasteiger charge is -2.35. The van der Waals surface area contributed by atoms with Gasteiger partial charge < -0.3 is 10.2 Å². The second-order valence-electron chi connectivity index (χ2n) is 6.42. The highest BCUT2D eigenvalue weighted by atomic mass is 19.1. The molecule has 1 aliphatic heterocycles. The first-order chi connectivity index (χ1) is 12.6. The molecule has 0 saturated carbocycles. The van der Waals surface area contributed by atoms with Crippen LogP contribution in [0.15, 0.2) is 42.6 Å². The first-order valence-corrected chi connectivity index (χ1v) is 8.93. The van der Waals surface area contributed by atoms with E-state index in [1.165, 1.54) is 24.4 Å². The Kier molecular flexibility index (Phi) is 5.61. The fraction of sp³-hybridized carbons (Fsp3) is 0.350. The van der Waals surface area contributed by atoms with Crippen molar-refractivity contribution in [3.05, 3.63) is 59.7 Å². The molecule has 1 saturated heterocycles. The number of likely N-dealkylation sites (tertiary alicyclic amines) is 1. The van der Waals surface area contributed by atoms with Gasteiger partial charge in [-0.05, 0) is 49.9 Å². The predicted octanol–water partition coefficient (Wildman–Crippen LogP) is 3.88. The summed E-state index contributed by atoms with van der Waals surface area (Å²) in [6, 6.07) is 9.24. The third-order valence-electron chi connectivity index (χ3n) is 4.72. The number of carbonyl (C=O) groups excluding carboxylic acids is 2. The monoisotopic (exact) mass is 355 g/mol. The number of rotatable bonds is 4. The minimum absolute atomic E-state index is 0.0816. The van der Waals surface area contributed by atoms with E-state index in [4.69, 9.17) is 0 Å². The summed E-state index contributed by atoms with van der Waals surface area (Å²) in [7, 11) is 0. The van der Waals surface area contributed by atoms with Crippen LogP contribution in [0.3, 0.4) is 0 Å². The Bertz CT molecular complexity index is 809. The van der Waals surface area contributed by atoms with Gasteiger partial charge in [0.1, 0.15) is 11.5 Å². The highest BCUT2D eigenvalue weighted by molar-refractivity contribution is 6.04. The number of carbonyl (C=O) groups is 2. The summed E-state index contributed by atoms with van der Waals surface area (Å²) in [5.41, 5.74) is 0.598. The van der Waals surface area contributed by atoms with Gasteiger partial charge in [0.15, 0.2) is 0 Å². The van der Waals surface area contributed by atoms with Gasteiger partial charge in [-0.25, -0.2) is 4.39 Å². The SMILES string of the molecule is CCC1CCCCN1C(=O)c1ccnc(C(=O)Nc2ccccc2F)c1. The number of aromatic nitrogens is 1. The van der Waals surface area contributed by atoms with Crippen LogP contribution < -0.4 is 5.32 Å². The van der Waals surface area contributed by atoms with Crippen LogP contribution in [0.2, 0.25) is 0 Å². The highest BCUT2D eigenvalue weighted by Crippen LogP contribution is 2.22. The van der Waals surface area contributed by atoms with Crippen LogP contribution in [0, 0.1) is 5.82 Å². The topological polar surface area (TPSA) is 62.3 Å². The summed E-state index contributed by atoms with van der Waals surface area (Å²) in [4.78, 5) is 31.1. The van der Waals surface area contributed by atoms with Gasteiger partial charge in [0.25, 0.3) is 11.8 Å². The molecule has 0 aliphatic carbocycles. The second-order valence-corrected chi connectivity index (χ2v) is 6.42. The number of nitrogens with one attached hydrogen (secondary N) is 1. The van der Waals surface area contributed by atoms with E-state index in [0.717, 1.165) is 32.2 Å². The molecule has 1 fully saturated rings. The lowest BCUT2D eigenvalue weighted by atomic mass is 9.99. The van der Waals surface area contributed by atoms with Crippen LogP contribution in [0.5, 0.6) is 0 Å². The van der Waals surface area contributed by atoms with Gasteiger partial charge in [0.05, 0.1) is 5.69 Å². The number of hydrogen-bond acceptors (Lipinski definition) is 3. The van der Waals surface area contributed by atoms with Crippen molar-refractivity contribution in [1.82, 2.24) is 9.88 Å². The number of piperidine rings is 1. The fourth-order valence-corrected chi connectivity index (χ4v) is 3.29. The number of nitrogens with zero attached hydrogens (tertiary/aromatic N) is 2. The van der Waals surface area contributed by atoms with E-state index >= 15 is 0 Å². The molecule has 2 heterocycles. The molecule has 1 aliphatic rings. The minimum Gasteiger partial charge on any atom is -0.336 e. The minimum atomic E-state index is -0.546. The van der Waals surface area contributed by atoms with Crippen molar-refractivity contribution in [3.63, 3.8) is 0 Å². The summed E-state index contributed by atoms with van der Waals surface area (Å²) in [5.74, 6) is -1.15. The zero-order valence-electron chi connectivity index (χ0n) is 14.7. The van der Waals surface area contributed by atoms with E-state index in [0.29, 0.717) is 5.56 Å². The Morgan fingerprint density at radius 2 is 2.08 bits per heavy atom. The molecule has 0 bridgehead atoms. The molecule has 2 aromatic rings. The second kappa shape index (κ2) is 8.08. The first kappa shape index (κ1) is 18.0. The van der Waals surface area contributed by atoms with Crippen LogP contribution in [-0.2, 0) is 0 Å². The van der Waals surface area contributed by atoms with Gasteiger partial charge in [-0.15, -0.1) is 0 Å². The normalized spacial score (nSPS) is 17.0. The van der Waals surface area contributed by atoms with Crippen molar-refractivity contribution < 1.29 is 14.0 Å². The number of anilines is 1. The molecule has 0 spiro atoms. The average molecular weight is 355 g/mol. The molecule has 3 rings (SSSR count). The van der Waals surface area contributed by atoms with Gasteiger partial charge in [-0.3, -0.25) is 14.6 Å². The Morgan fingerprint density at radius 1 is 1.27 bits per heavy atom. The van der Waals surface area contributed by atoms with Crippen molar-refractivity contribution in [2.24, 2.45) is 0 Å². The van der Waals surface area contributed by atoms with E-state index in [1.54, 1.807) is 18.2 Å². The molecule has 6 heteroatoms. The lowest BCUT2D eigenvalue weighted by molar-refractivity contribution is 0.0608. The number of hydrogen-bond donors (Lipinski definition) is 1. The largest absolute Gasteiger partial charge is 0.336 e. The maximum absolute atomic E-state index is 13.7. The molecule has 1 aromatic heterocycles. The highest BCUT2D eigenvalue weighted by Gasteiger charge is 2.26. The molecular weight excluding hydrogens is 333 g/mol. The van der Waals surface area contributed by atoms with Crippen LogP contribution in [0.4, 0.5) is 10.1 Å². The van der Waals surface area contributed by atoms with Gasteiger partial charge in [0, 0.05) is 24.3 Å². The number of halogens is 1. The number of para-hydroxylation sites is 1. The summed E-state index contributed by atoms with van der Waals surface area (Å²) >= 11 is 0. The van der Waals surface area contributed by atoms with E-state index in [2.05, 4.69) is 17.2 Å². The average Bonchev–Trinajstić information content (AvgIpc) is 2.69. The van der Waals surface area contributed by atoms with Crippen LogP contribution >= 0.6 is 0 Å². The quantitative estimate of drug-likeness (QED) is 0.905. The van der Waals surface area contributed by atoms with E-state index in [-0.39, 0.29) is 23.3 Å². The molecule has 1 aromatic carbocycles. The smallest absolute Gasteiger partial charge is 0.274 e. The van der Waals surface area contributed by atoms with Gasteiger partial charge in [0.2, 0.25) is 0 Å². The van der Waals surface area contributed by atoms with Crippen molar-refractivity contribution >= 4 is 17.5 Å². The zero-order valence-corrected chi connectivity index (χ0v) is 14.7. The molecule has 136 valence electrons. The maximum atomic E-state index is 13.7. The Balaban J connectivity index is 1.78. The summed E-state index contributed by atoms with van der Waals surface area (Å²) in [6.45, 7) is 2.81. The van der Waals surface area contributed by atoms with Crippen molar-refractivity contribution in [3.8, 4) is 0 Å². The third kappa shape index (κ3) is 3.90. The van der Waals surface area contributed by atoms with Crippen LogP contribution in [-0.4, -0.2) is 34.3 Å². The van der Waals surface area contributed by atoms with E-state index < -0.39 is 11.7 Å². The Hall–Kier alpha value is -2.76. The summed E-state index contributed by atoms with van der Waals surface area (Å²) < 4.78 is 13.7. The molecule has 1 N–H and O–H groups in total. The van der Waals surface area contributed by atoms with E-state index in [1.807, 2.05) is 4.90 Å². The van der Waals surface area contributed by atoms with Crippen LogP contribution in [0.1, 0.15) is 53.5 Å². The maximum Gasteiger partial charge on any atom is 0.274 e. The molecule has 0 radical (unpaired) electrons. The molecular formula is C20H22FN3O2. The van der Waals surface area contributed by atoms with Crippen molar-refractivity contribution in [2.75, 3.05) is 11.9 Å². The Morgan fingerprint density at radius 3 is 2.85 bits per heavy atom.